The molecule has 0 bridgehead atoms. The van der Waals surface area contributed by atoms with E-state index >= 15 is 0 Å². The fourth-order valence-electron chi connectivity index (χ4n) is 1.52. The van der Waals surface area contributed by atoms with E-state index in [1.54, 1.807) is 0 Å². The fraction of sp³-hybridized carbons (Fsp3) is 0.111. The first kappa shape index (κ1) is 10.6. The van der Waals surface area contributed by atoms with Crippen LogP contribution < -0.4 is 10.5 Å². The number of carbonyl (C=O) groups excluding carboxylic acids is 2. The predicted molar refractivity (Wildman–Crippen MR) is 54.0 cm³/mol. The van der Waals surface area contributed by atoms with Gasteiger partial charge in [0.1, 0.15) is 4.90 Å². The minimum atomic E-state index is -3.76. The lowest BCUT2D eigenvalue weighted by atomic mass is 10.1. The maximum absolute atomic E-state index is 11.5. The minimum Gasteiger partial charge on any atom is -0.369 e. The molecule has 2 rings (SSSR count). The molecule has 0 spiro atoms. The van der Waals surface area contributed by atoms with E-state index in [1.165, 1.54) is 18.2 Å². The van der Waals surface area contributed by atoms with Gasteiger partial charge in [0.05, 0.1) is 12.0 Å². The van der Waals surface area contributed by atoms with Crippen LogP contribution in [0.1, 0.15) is 15.9 Å². The van der Waals surface area contributed by atoms with Gasteiger partial charge in [-0.25, -0.2) is 13.1 Å². The van der Waals surface area contributed by atoms with E-state index in [4.69, 9.17) is 5.73 Å². The Balaban J connectivity index is 2.55. The van der Waals surface area contributed by atoms with Crippen LogP contribution in [-0.4, -0.2) is 20.2 Å². The summed E-state index contributed by atoms with van der Waals surface area (Å²) in [6, 6.07) is 4.16. The summed E-state index contributed by atoms with van der Waals surface area (Å²) in [5.41, 5.74) is 5.55. The molecule has 0 radical (unpaired) electrons. The van der Waals surface area contributed by atoms with Crippen molar-refractivity contribution >= 4 is 21.8 Å². The molecule has 0 unspecified atom stereocenters. The number of nitrogens with two attached hydrogens (primary N) is 1. The second kappa shape index (κ2) is 3.31. The van der Waals surface area contributed by atoms with Crippen LogP contribution in [0.4, 0.5) is 0 Å². The number of nitrogens with one attached hydrogen (secondary N) is 1. The van der Waals surface area contributed by atoms with Crippen molar-refractivity contribution in [1.29, 1.82) is 0 Å². The predicted octanol–water partition coefficient (Wildman–Crippen LogP) is -0.854. The van der Waals surface area contributed by atoms with Crippen molar-refractivity contribution in [2.24, 2.45) is 5.73 Å². The highest BCUT2D eigenvalue weighted by Gasteiger charge is 2.32. The van der Waals surface area contributed by atoms with Gasteiger partial charge in [0.2, 0.25) is 5.91 Å². The molecule has 2 amide bonds. The molecular formula is C9H8N2O4S. The highest BCUT2D eigenvalue weighted by atomic mass is 32.2. The van der Waals surface area contributed by atoms with E-state index in [0.29, 0.717) is 5.56 Å². The van der Waals surface area contributed by atoms with Crippen molar-refractivity contribution in [1.82, 2.24) is 4.72 Å². The maximum atomic E-state index is 11.5. The Morgan fingerprint density at radius 3 is 2.69 bits per heavy atom. The lowest BCUT2D eigenvalue weighted by molar-refractivity contribution is -0.117. The Hall–Kier alpha value is -1.89. The molecule has 7 heteroatoms. The van der Waals surface area contributed by atoms with Crippen LogP contribution >= 0.6 is 0 Å². The van der Waals surface area contributed by atoms with Crippen molar-refractivity contribution in [2.75, 3.05) is 0 Å². The molecule has 1 aromatic carbocycles. The zero-order chi connectivity index (χ0) is 11.9. The zero-order valence-electron chi connectivity index (χ0n) is 8.06. The highest BCUT2D eigenvalue weighted by molar-refractivity contribution is 7.90. The number of hydrogen-bond acceptors (Lipinski definition) is 4. The van der Waals surface area contributed by atoms with Gasteiger partial charge in [0.15, 0.2) is 0 Å². The molecule has 6 nitrogen and oxygen atoms in total. The first-order chi connectivity index (χ1) is 7.40. The Morgan fingerprint density at radius 2 is 2.06 bits per heavy atom. The maximum Gasteiger partial charge on any atom is 0.266 e. The number of sulfonamides is 1. The van der Waals surface area contributed by atoms with E-state index in [2.05, 4.69) is 0 Å². The Morgan fingerprint density at radius 1 is 1.38 bits per heavy atom. The topological polar surface area (TPSA) is 106 Å². The lowest BCUT2D eigenvalue weighted by Gasteiger charge is -2.00. The summed E-state index contributed by atoms with van der Waals surface area (Å²) in [6.45, 7) is 0. The van der Waals surface area contributed by atoms with Gasteiger partial charge in [-0.15, -0.1) is 0 Å². The zero-order valence-corrected chi connectivity index (χ0v) is 8.87. The third-order valence-corrected chi connectivity index (χ3v) is 3.56. The molecule has 0 aliphatic carbocycles. The van der Waals surface area contributed by atoms with E-state index < -0.39 is 21.8 Å². The second-order valence-electron chi connectivity index (χ2n) is 3.41. The van der Waals surface area contributed by atoms with Gasteiger partial charge >= 0.3 is 0 Å². The number of benzene rings is 1. The molecule has 3 N–H and O–H groups in total. The van der Waals surface area contributed by atoms with Crippen molar-refractivity contribution in [3.05, 3.63) is 29.3 Å². The molecule has 0 saturated heterocycles. The first-order valence-corrected chi connectivity index (χ1v) is 5.87. The molecule has 1 aliphatic heterocycles. The molecule has 0 aromatic heterocycles. The third-order valence-electron chi connectivity index (χ3n) is 2.19. The van der Waals surface area contributed by atoms with Crippen LogP contribution in [0.3, 0.4) is 0 Å². The summed E-state index contributed by atoms with van der Waals surface area (Å²) in [4.78, 5) is 21.8. The highest BCUT2D eigenvalue weighted by Crippen LogP contribution is 2.23. The van der Waals surface area contributed by atoms with Gasteiger partial charge < -0.3 is 5.73 Å². The van der Waals surface area contributed by atoms with Gasteiger partial charge in [0, 0.05) is 0 Å². The number of fused-ring (bicyclic) bond motifs is 1. The van der Waals surface area contributed by atoms with E-state index in [9.17, 15) is 18.0 Å². The molecular weight excluding hydrogens is 232 g/mol. The average Bonchev–Trinajstić information content (AvgIpc) is 2.36. The van der Waals surface area contributed by atoms with Crippen LogP contribution in [0.25, 0.3) is 0 Å². The van der Waals surface area contributed by atoms with Gasteiger partial charge in [0.25, 0.3) is 15.9 Å². The number of amides is 2. The van der Waals surface area contributed by atoms with Crippen LogP contribution in [0.2, 0.25) is 0 Å². The second-order valence-corrected chi connectivity index (χ2v) is 5.06. The number of rotatable bonds is 2. The molecule has 16 heavy (non-hydrogen) atoms. The van der Waals surface area contributed by atoms with Crippen molar-refractivity contribution < 1.29 is 18.0 Å². The molecule has 84 valence electrons. The SMILES string of the molecule is NC(=O)Cc1ccc2c(c1)S(=O)(=O)NC2=O. The third kappa shape index (κ3) is 1.65. The Bertz CT molecular complexity index is 592. The molecule has 0 atom stereocenters. The first-order valence-electron chi connectivity index (χ1n) is 4.38. The summed E-state index contributed by atoms with van der Waals surface area (Å²) >= 11 is 0. The molecule has 0 fully saturated rings. The number of carbonyl (C=O) groups is 2. The summed E-state index contributed by atoms with van der Waals surface area (Å²) in [5, 5.41) is 0. The Kier molecular flexibility index (Phi) is 2.20. The molecule has 1 heterocycles. The van der Waals surface area contributed by atoms with Gasteiger partial charge in [-0.1, -0.05) is 6.07 Å². The van der Waals surface area contributed by atoms with E-state index in [1.807, 2.05) is 4.72 Å². The van der Waals surface area contributed by atoms with E-state index in [0.717, 1.165) is 0 Å². The minimum absolute atomic E-state index is 0.0585. The average molecular weight is 240 g/mol. The fourth-order valence-corrected chi connectivity index (χ4v) is 2.74. The van der Waals surface area contributed by atoms with Crippen molar-refractivity contribution in [3.63, 3.8) is 0 Å². The summed E-state index contributed by atoms with van der Waals surface area (Å²) < 4.78 is 24.8. The van der Waals surface area contributed by atoms with Crippen molar-refractivity contribution in [2.45, 2.75) is 11.3 Å². The number of primary amides is 1. The smallest absolute Gasteiger partial charge is 0.266 e. The van der Waals surface area contributed by atoms with Crippen LogP contribution in [0.5, 0.6) is 0 Å². The summed E-state index contributed by atoms with van der Waals surface area (Å²) in [7, 11) is -3.76. The van der Waals surface area contributed by atoms with Crippen LogP contribution in [0.15, 0.2) is 23.1 Å². The molecule has 1 aliphatic rings. The lowest BCUT2D eigenvalue weighted by Crippen LogP contribution is -2.20. The Labute approximate surface area is 91.5 Å². The van der Waals surface area contributed by atoms with Gasteiger partial charge in [-0.05, 0) is 17.7 Å². The van der Waals surface area contributed by atoms with Crippen LogP contribution in [-0.2, 0) is 21.2 Å². The largest absolute Gasteiger partial charge is 0.369 e. The monoisotopic (exact) mass is 240 g/mol. The van der Waals surface area contributed by atoms with Crippen molar-refractivity contribution in [3.8, 4) is 0 Å². The molecule has 0 saturated carbocycles. The summed E-state index contributed by atoms with van der Waals surface area (Å²) in [5.74, 6) is -1.21. The normalized spacial score (nSPS) is 16.6. The quantitative estimate of drug-likeness (QED) is 0.701. The standard InChI is InChI=1S/C9H8N2O4S/c10-8(12)4-5-1-2-6-7(3-5)16(14,15)11-9(6)13/h1-3H,4H2,(H2,10,12)(H,11,13). The van der Waals surface area contributed by atoms with E-state index in [-0.39, 0.29) is 16.9 Å². The molecule has 1 aromatic rings. The van der Waals surface area contributed by atoms with Crippen LogP contribution in [0, 0.1) is 0 Å². The summed E-state index contributed by atoms with van der Waals surface area (Å²) in [6.07, 6.45) is -0.0585. The van der Waals surface area contributed by atoms with Gasteiger partial charge in [-0.2, -0.15) is 0 Å². The number of hydrogen-bond donors (Lipinski definition) is 2. The van der Waals surface area contributed by atoms with Gasteiger partial charge in [-0.3, -0.25) is 9.59 Å².